The van der Waals surface area contributed by atoms with Crippen LogP contribution < -0.4 is 5.46 Å². The van der Waals surface area contributed by atoms with Crippen LogP contribution in [0.25, 0.3) is 11.3 Å². The molecule has 142 valence electrons. The Labute approximate surface area is 166 Å². The molecule has 0 bridgehead atoms. The highest BCUT2D eigenvalue weighted by molar-refractivity contribution is 6.74. The van der Waals surface area contributed by atoms with Crippen LogP contribution in [0, 0.1) is 10.8 Å². The molecule has 0 spiro atoms. The van der Waals surface area contributed by atoms with Gasteiger partial charge in [0.05, 0.1) is 0 Å². The third kappa shape index (κ3) is 2.84. The molecule has 1 aliphatic carbocycles. The van der Waals surface area contributed by atoms with E-state index in [-0.39, 0.29) is 0 Å². The summed E-state index contributed by atoms with van der Waals surface area (Å²) in [5.74, 6) is 0. The lowest BCUT2D eigenvalue weighted by molar-refractivity contribution is 0.177. The van der Waals surface area contributed by atoms with Gasteiger partial charge in [-0.15, -0.1) is 0 Å². The monoisotopic (exact) mass is 359 g/mol. The molecule has 1 nitrogen and oxygen atoms in total. The zero-order valence-electron chi connectivity index (χ0n) is 18.1. The first-order valence-electron chi connectivity index (χ1n) is 10.7. The number of allylic oxidation sites excluding steroid dienone is 3. The van der Waals surface area contributed by atoms with Crippen LogP contribution in [0.5, 0.6) is 0 Å². The maximum Gasteiger partial charge on any atom is 0.177 e. The van der Waals surface area contributed by atoms with Crippen molar-refractivity contribution in [2.75, 3.05) is 0 Å². The fraction of sp³-hybridized carbons (Fsp3) is 0.520. The van der Waals surface area contributed by atoms with Crippen LogP contribution in [0.4, 0.5) is 0 Å². The minimum atomic E-state index is 0.388. The average Bonchev–Trinajstić information content (AvgIpc) is 2.83. The van der Waals surface area contributed by atoms with Crippen molar-refractivity contribution in [3.8, 4) is 0 Å². The normalized spacial score (nSPS) is 23.3. The maximum atomic E-state index is 4.52. The van der Waals surface area contributed by atoms with Crippen molar-refractivity contribution in [3.63, 3.8) is 0 Å². The van der Waals surface area contributed by atoms with Crippen molar-refractivity contribution in [3.05, 3.63) is 53.4 Å². The van der Waals surface area contributed by atoms with Crippen LogP contribution in [-0.2, 0) is 0 Å². The smallest absolute Gasteiger partial charge is 0.177 e. The van der Waals surface area contributed by atoms with E-state index in [1.807, 2.05) is 0 Å². The molecule has 0 saturated carbocycles. The Bertz CT molecular complexity index is 852. The van der Waals surface area contributed by atoms with E-state index in [9.17, 15) is 0 Å². The molecule has 2 aliphatic heterocycles. The third-order valence-corrected chi connectivity index (χ3v) is 7.99. The second-order valence-corrected chi connectivity index (χ2v) is 10.2. The summed E-state index contributed by atoms with van der Waals surface area (Å²) >= 11 is 0. The van der Waals surface area contributed by atoms with Gasteiger partial charge in [0.2, 0.25) is 0 Å². The summed E-state index contributed by atoms with van der Waals surface area (Å²) in [7, 11) is 0. The van der Waals surface area contributed by atoms with Gasteiger partial charge in [-0.25, -0.2) is 0 Å². The van der Waals surface area contributed by atoms with Crippen LogP contribution >= 0.6 is 0 Å². The quantitative estimate of drug-likeness (QED) is 0.553. The van der Waals surface area contributed by atoms with Gasteiger partial charge in [0.25, 0.3) is 0 Å². The van der Waals surface area contributed by atoms with Crippen LogP contribution in [0.2, 0.25) is 12.6 Å². The second kappa shape index (κ2) is 6.16. The molecule has 1 aromatic rings. The molecule has 27 heavy (non-hydrogen) atoms. The van der Waals surface area contributed by atoms with Gasteiger partial charge in [0.15, 0.2) is 6.71 Å². The topological polar surface area (TPSA) is 3.24 Å². The number of rotatable bonds is 3. The lowest BCUT2D eigenvalue weighted by Gasteiger charge is -2.37. The summed E-state index contributed by atoms with van der Waals surface area (Å²) in [5, 5.41) is 0. The van der Waals surface area contributed by atoms with Crippen LogP contribution in [0.1, 0.15) is 71.9 Å². The molecule has 0 amide bonds. The van der Waals surface area contributed by atoms with E-state index >= 15 is 0 Å². The highest BCUT2D eigenvalue weighted by Gasteiger charge is 2.48. The maximum absolute atomic E-state index is 4.52. The first kappa shape index (κ1) is 18.7. The summed E-state index contributed by atoms with van der Waals surface area (Å²) in [5.41, 5.74) is 10.6. The van der Waals surface area contributed by atoms with Gasteiger partial charge in [-0.2, -0.15) is 0 Å². The van der Waals surface area contributed by atoms with Crippen molar-refractivity contribution >= 4 is 23.4 Å². The van der Waals surface area contributed by atoms with Gasteiger partial charge in [-0.05, 0) is 48.2 Å². The third-order valence-electron chi connectivity index (χ3n) is 7.99. The van der Waals surface area contributed by atoms with E-state index in [2.05, 4.69) is 77.4 Å². The Morgan fingerprint density at radius 1 is 1.04 bits per heavy atom. The molecule has 0 aromatic heterocycles. The van der Waals surface area contributed by atoms with Crippen molar-refractivity contribution in [2.45, 2.75) is 73.4 Å². The Morgan fingerprint density at radius 3 is 2.22 bits per heavy atom. The van der Waals surface area contributed by atoms with Gasteiger partial charge in [-0.3, -0.25) is 0 Å². The van der Waals surface area contributed by atoms with Crippen molar-refractivity contribution in [2.24, 2.45) is 10.8 Å². The highest BCUT2D eigenvalue weighted by Crippen LogP contribution is 2.52. The zero-order valence-corrected chi connectivity index (χ0v) is 18.1. The Hall–Kier alpha value is -1.70. The average molecular weight is 359 g/mol. The molecule has 2 heterocycles. The molecular weight excluding hydrogens is 325 g/mol. The molecule has 0 atom stereocenters. The highest BCUT2D eigenvalue weighted by atomic mass is 15.1. The first-order valence-corrected chi connectivity index (χ1v) is 10.7. The standard InChI is InChI=1S/C25H34BN/c1-8-19-14-27(23-12-9-17(23)2)18(3)22-13-20(10-11-21(19)22)26-15-24(4,5)25(6,7)16-26/h10-11,13-14H,3,8-9,12,15-16H2,1-2,4-7H3. The Morgan fingerprint density at radius 2 is 1.70 bits per heavy atom. The van der Waals surface area contributed by atoms with Crippen LogP contribution in [-0.4, -0.2) is 11.6 Å². The largest absolute Gasteiger partial charge is 0.321 e. The summed E-state index contributed by atoms with van der Waals surface area (Å²) in [6, 6.07) is 7.22. The van der Waals surface area contributed by atoms with Crippen molar-refractivity contribution in [1.82, 2.24) is 4.90 Å². The minimum absolute atomic E-state index is 0.388. The van der Waals surface area contributed by atoms with Gasteiger partial charge in [-0.1, -0.05) is 83.1 Å². The van der Waals surface area contributed by atoms with E-state index in [1.54, 1.807) is 0 Å². The van der Waals surface area contributed by atoms with Gasteiger partial charge in [0.1, 0.15) is 0 Å². The van der Waals surface area contributed by atoms with E-state index in [1.165, 1.54) is 58.9 Å². The molecule has 3 aliphatic rings. The lowest BCUT2D eigenvalue weighted by atomic mass is 9.42. The van der Waals surface area contributed by atoms with Crippen LogP contribution in [0.15, 0.2) is 42.2 Å². The molecule has 2 heteroatoms. The predicted octanol–water partition coefficient (Wildman–Crippen LogP) is 6.56. The van der Waals surface area contributed by atoms with Crippen molar-refractivity contribution in [1.29, 1.82) is 0 Å². The fourth-order valence-electron chi connectivity index (χ4n) is 5.20. The van der Waals surface area contributed by atoms with Crippen molar-refractivity contribution < 1.29 is 0 Å². The van der Waals surface area contributed by atoms with E-state index in [4.69, 9.17) is 0 Å². The molecule has 1 aromatic carbocycles. The summed E-state index contributed by atoms with van der Waals surface area (Å²) in [6.07, 6.45) is 8.35. The van der Waals surface area contributed by atoms with Gasteiger partial charge >= 0.3 is 0 Å². The summed E-state index contributed by atoms with van der Waals surface area (Å²) in [4.78, 5) is 2.38. The number of hydrogen-bond donors (Lipinski definition) is 0. The predicted molar refractivity (Wildman–Crippen MR) is 120 cm³/mol. The lowest BCUT2D eigenvalue weighted by Crippen LogP contribution is -2.30. The summed E-state index contributed by atoms with van der Waals surface area (Å²) in [6.45, 7) is 19.5. The number of benzene rings is 1. The molecular formula is C25H34BN. The van der Waals surface area contributed by atoms with E-state index in [0.29, 0.717) is 17.5 Å². The number of nitrogens with zero attached hydrogens (tertiary/aromatic N) is 1. The van der Waals surface area contributed by atoms with E-state index in [0.717, 1.165) is 12.1 Å². The molecule has 4 rings (SSSR count). The first-order chi connectivity index (χ1) is 12.6. The number of fused-ring (bicyclic) bond motifs is 1. The second-order valence-electron chi connectivity index (χ2n) is 10.2. The molecule has 0 unspecified atom stereocenters. The molecule has 0 N–H and O–H groups in total. The molecule has 0 radical (unpaired) electrons. The number of hydrogen-bond acceptors (Lipinski definition) is 1. The molecule has 1 saturated heterocycles. The Balaban J connectivity index is 1.73. The zero-order chi connectivity index (χ0) is 19.6. The molecule has 1 fully saturated rings. The SMILES string of the molecule is C=C1c2cc(B3CC(C)(C)C(C)(C)C3)ccc2C(CC)=CN1C1=C(C)CC1. The van der Waals surface area contributed by atoms with Crippen LogP contribution in [0.3, 0.4) is 0 Å². The Kier molecular flexibility index (Phi) is 4.25. The van der Waals surface area contributed by atoms with Gasteiger partial charge < -0.3 is 4.90 Å². The van der Waals surface area contributed by atoms with Gasteiger partial charge in [0, 0.05) is 23.2 Å². The minimum Gasteiger partial charge on any atom is -0.321 e. The fourth-order valence-corrected chi connectivity index (χ4v) is 5.20. The van der Waals surface area contributed by atoms with E-state index < -0.39 is 0 Å². The summed E-state index contributed by atoms with van der Waals surface area (Å²) < 4.78 is 0.